The number of esters is 1. The quantitative estimate of drug-likeness (QED) is 0.630. The van der Waals surface area contributed by atoms with E-state index >= 15 is 0 Å². The van der Waals surface area contributed by atoms with Gasteiger partial charge in [0.05, 0.1) is 6.04 Å². The predicted molar refractivity (Wildman–Crippen MR) is 112 cm³/mol. The molecule has 0 bridgehead atoms. The fraction of sp³-hybridized carbons (Fsp3) is 0.304. The van der Waals surface area contributed by atoms with Gasteiger partial charge in [0.2, 0.25) is 0 Å². The lowest BCUT2D eigenvalue weighted by Gasteiger charge is -2.21. The molecule has 1 aliphatic heterocycles. The number of aromatic amines is 1. The molecule has 1 amide bonds. The number of ether oxygens (including phenoxy) is 3. The average molecular weight is 408 g/mol. The third-order valence-corrected chi connectivity index (χ3v) is 5.09. The summed E-state index contributed by atoms with van der Waals surface area (Å²) in [4.78, 5) is 27.7. The van der Waals surface area contributed by atoms with Gasteiger partial charge in [0, 0.05) is 10.9 Å². The maximum absolute atomic E-state index is 12.4. The van der Waals surface area contributed by atoms with Gasteiger partial charge in [0.15, 0.2) is 18.1 Å². The Morgan fingerprint density at radius 1 is 1.10 bits per heavy atom. The molecule has 0 radical (unpaired) electrons. The number of carbonyl (C=O) groups is 2. The van der Waals surface area contributed by atoms with E-state index in [4.69, 9.17) is 14.2 Å². The summed E-state index contributed by atoms with van der Waals surface area (Å²) in [6.45, 7) is 6.51. The third kappa shape index (κ3) is 4.10. The zero-order valence-electron chi connectivity index (χ0n) is 17.2. The van der Waals surface area contributed by atoms with Crippen LogP contribution in [0.2, 0.25) is 0 Å². The van der Waals surface area contributed by atoms with Crippen molar-refractivity contribution in [1.82, 2.24) is 10.3 Å². The molecule has 30 heavy (non-hydrogen) atoms. The second-order valence-electron chi connectivity index (χ2n) is 7.49. The second-order valence-corrected chi connectivity index (χ2v) is 7.49. The van der Waals surface area contributed by atoms with Gasteiger partial charge in [-0.25, -0.2) is 4.79 Å². The minimum absolute atomic E-state index is 0.272. The summed E-state index contributed by atoms with van der Waals surface area (Å²) in [7, 11) is 0. The molecule has 3 aromatic rings. The Morgan fingerprint density at radius 3 is 2.67 bits per heavy atom. The van der Waals surface area contributed by atoms with Crippen molar-refractivity contribution in [1.29, 1.82) is 0 Å². The number of hydrogen-bond acceptors (Lipinski definition) is 5. The van der Waals surface area contributed by atoms with E-state index in [2.05, 4.69) is 16.4 Å². The largest absolute Gasteiger partial charge is 0.486 e. The minimum Gasteiger partial charge on any atom is -0.486 e. The zero-order valence-corrected chi connectivity index (χ0v) is 17.2. The van der Waals surface area contributed by atoms with Crippen molar-refractivity contribution in [3.8, 4) is 11.5 Å². The number of aromatic nitrogens is 1. The Balaban J connectivity index is 1.35. The summed E-state index contributed by atoms with van der Waals surface area (Å²) in [6.07, 6.45) is 0. The van der Waals surface area contributed by atoms with Gasteiger partial charge in [-0.1, -0.05) is 12.1 Å². The fourth-order valence-electron chi connectivity index (χ4n) is 3.61. The summed E-state index contributed by atoms with van der Waals surface area (Å²) < 4.78 is 16.3. The molecule has 156 valence electrons. The maximum atomic E-state index is 12.4. The first-order chi connectivity index (χ1) is 14.4. The monoisotopic (exact) mass is 408 g/mol. The Morgan fingerprint density at radius 2 is 1.87 bits per heavy atom. The molecule has 0 saturated carbocycles. The smallest absolute Gasteiger partial charge is 0.355 e. The lowest BCUT2D eigenvalue weighted by atomic mass is 10.1. The van der Waals surface area contributed by atoms with Crippen LogP contribution >= 0.6 is 0 Å². The highest BCUT2D eigenvalue weighted by molar-refractivity contribution is 5.97. The molecule has 2 N–H and O–H groups in total. The van der Waals surface area contributed by atoms with Crippen LogP contribution in [0.25, 0.3) is 10.9 Å². The number of nitrogens with one attached hydrogen (secondary N) is 2. The number of benzene rings is 2. The SMILES string of the molecule is Cc1cc(C)c2cc(C(=O)OCC(=O)NC(C)c3ccc4c(c3)OCCO4)[nH]c2c1. The molecule has 7 nitrogen and oxygen atoms in total. The summed E-state index contributed by atoms with van der Waals surface area (Å²) in [5, 5.41) is 3.79. The van der Waals surface area contributed by atoms with E-state index in [-0.39, 0.29) is 18.6 Å². The number of aryl methyl sites for hydroxylation is 2. The molecule has 2 heterocycles. The van der Waals surface area contributed by atoms with Crippen molar-refractivity contribution in [2.75, 3.05) is 19.8 Å². The highest BCUT2D eigenvalue weighted by Gasteiger charge is 2.18. The van der Waals surface area contributed by atoms with E-state index in [1.165, 1.54) is 0 Å². The Labute approximate surface area is 174 Å². The lowest BCUT2D eigenvalue weighted by Crippen LogP contribution is -2.31. The van der Waals surface area contributed by atoms with Crippen molar-refractivity contribution in [3.05, 3.63) is 58.8 Å². The van der Waals surface area contributed by atoms with Crippen LogP contribution in [-0.2, 0) is 9.53 Å². The molecule has 1 atom stereocenters. The van der Waals surface area contributed by atoms with E-state index in [1.54, 1.807) is 6.07 Å². The van der Waals surface area contributed by atoms with Crippen molar-refractivity contribution < 1.29 is 23.8 Å². The molecule has 0 fully saturated rings. The second kappa shape index (κ2) is 8.10. The summed E-state index contributed by atoms with van der Waals surface area (Å²) in [5.74, 6) is 0.413. The first-order valence-electron chi connectivity index (χ1n) is 9.86. The summed E-state index contributed by atoms with van der Waals surface area (Å²) in [5.41, 5.74) is 4.25. The van der Waals surface area contributed by atoms with Gasteiger partial charge < -0.3 is 24.5 Å². The number of carbonyl (C=O) groups excluding carboxylic acids is 2. The topological polar surface area (TPSA) is 89.7 Å². The normalized spacial score (nSPS) is 13.7. The van der Waals surface area contributed by atoms with E-state index in [0.29, 0.717) is 30.4 Å². The number of H-pyrrole nitrogens is 1. The third-order valence-electron chi connectivity index (χ3n) is 5.09. The lowest BCUT2D eigenvalue weighted by molar-refractivity contribution is -0.124. The zero-order chi connectivity index (χ0) is 21.3. The van der Waals surface area contributed by atoms with Crippen LogP contribution in [0.4, 0.5) is 0 Å². The van der Waals surface area contributed by atoms with Gasteiger partial charge in [0.1, 0.15) is 18.9 Å². The molecule has 1 aliphatic rings. The van der Waals surface area contributed by atoms with Crippen molar-refractivity contribution in [2.24, 2.45) is 0 Å². The minimum atomic E-state index is -0.564. The molecule has 0 spiro atoms. The molecule has 7 heteroatoms. The van der Waals surface area contributed by atoms with Gasteiger partial charge in [-0.2, -0.15) is 0 Å². The highest BCUT2D eigenvalue weighted by Crippen LogP contribution is 2.32. The van der Waals surface area contributed by atoms with Crippen LogP contribution in [0.3, 0.4) is 0 Å². The molecule has 4 rings (SSSR count). The van der Waals surface area contributed by atoms with Gasteiger partial charge >= 0.3 is 5.97 Å². The summed E-state index contributed by atoms with van der Waals surface area (Å²) >= 11 is 0. The maximum Gasteiger partial charge on any atom is 0.355 e. The van der Waals surface area contributed by atoms with Gasteiger partial charge in [-0.15, -0.1) is 0 Å². The van der Waals surface area contributed by atoms with Gasteiger partial charge in [-0.05, 0) is 61.7 Å². The average Bonchev–Trinajstić information content (AvgIpc) is 3.16. The van der Waals surface area contributed by atoms with E-state index in [0.717, 1.165) is 27.6 Å². The van der Waals surface area contributed by atoms with Gasteiger partial charge in [-0.3, -0.25) is 4.79 Å². The molecule has 1 aromatic heterocycles. The Kier molecular flexibility index (Phi) is 5.35. The standard InChI is InChI=1S/C23H24N2O5/c1-13-8-14(2)17-11-19(25-18(17)9-13)23(27)30-12-22(26)24-15(3)16-4-5-20-21(10-16)29-7-6-28-20/h4-5,8-11,15,25H,6-7,12H2,1-3H3,(H,24,26). The molecule has 1 unspecified atom stereocenters. The summed E-state index contributed by atoms with van der Waals surface area (Å²) in [6, 6.07) is 11.1. The van der Waals surface area contributed by atoms with Crippen molar-refractivity contribution >= 4 is 22.8 Å². The fourth-order valence-corrected chi connectivity index (χ4v) is 3.61. The van der Waals surface area contributed by atoms with E-state index < -0.39 is 5.97 Å². The van der Waals surface area contributed by atoms with Gasteiger partial charge in [0.25, 0.3) is 5.91 Å². The Hall–Kier alpha value is -3.48. The first-order valence-corrected chi connectivity index (χ1v) is 9.86. The number of hydrogen-bond donors (Lipinski definition) is 2. The van der Waals surface area contributed by atoms with Crippen molar-refractivity contribution in [2.45, 2.75) is 26.8 Å². The van der Waals surface area contributed by atoms with Crippen LogP contribution in [0.15, 0.2) is 36.4 Å². The molecule has 2 aromatic carbocycles. The highest BCUT2D eigenvalue weighted by atomic mass is 16.6. The van der Waals surface area contributed by atoms with Crippen LogP contribution in [0.5, 0.6) is 11.5 Å². The van der Waals surface area contributed by atoms with Crippen LogP contribution < -0.4 is 14.8 Å². The number of fused-ring (bicyclic) bond motifs is 2. The van der Waals surface area contributed by atoms with E-state index in [1.807, 2.05) is 45.0 Å². The van der Waals surface area contributed by atoms with Crippen LogP contribution in [-0.4, -0.2) is 36.7 Å². The van der Waals surface area contributed by atoms with Crippen molar-refractivity contribution in [3.63, 3.8) is 0 Å². The van der Waals surface area contributed by atoms with Crippen LogP contribution in [0, 0.1) is 13.8 Å². The molecule has 0 saturated heterocycles. The first kappa shape index (κ1) is 19.8. The predicted octanol–water partition coefficient (Wildman–Crippen LogP) is 3.59. The number of amides is 1. The van der Waals surface area contributed by atoms with E-state index in [9.17, 15) is 9.59 Å². The Bertz CT molecular complexity index is 1120. The number of rotatable bonds is 5. The molecule has 0 aliphatic carbocycles. The van der Waals surface area contributed by atoms with Crippen LogP contribution in [0.1, 0.15) is 40.1 Å². The molecular formula is C23H24N2O5. The molecular weight excluding hydrogens is 384 g/mol.